The number of nitrogens with one attached hydrogen (secondary N) is 1. The Morgan fingerprint density at radius 1 is 0.303 bits per heavy atom. The van der Waals surface area contributed by atoms with Gasteiger partial charge in [-0.25, -0.2) is 0 Å². The minimum absolute atomic E-state index is 1.08. The monoisotopic (exact) mass is 421 g/mol. The van der Waals surface area contributed by atoms with Crippen LogP contribution < -0.4 is 5.32 Å². The maximum Gasteiger partial charge on any atom is 0.0390 e. The summed E-state index contributed by atoms with van der Waals surface area (Å²) in [6.07, 6.45) is 0. The molecule has 1 nitrogen and oxygen atoms in total. The number of hydrogen-bond acceptors (Lipinski definition) is 1. The predicted molar refractivity (Wildman–Crippen MR) is 142 cm³/mol. The normalized spacial score (nSPS) is 11.0. The van der Waals surface area contributed by atoms with E-state index < -0.39 is 0 Å². The van der Waals surface area contributed by atoms with Crippen LogP contribution in [0.5, 0.6) is 0 Å². The summed E-state index contributed by atoms with van der Waals surface area (Å²) < 4.78 is 0. The van der Waals surface area contributed by atoms with Crippen molar-refractivity contribution in [2.24, 2.45) is 0 Å². The van der Waals surface area contributed by atoms with E-state index in [2.05, 4.69) is 139 Å². The van der Waals surface area contributed by atoms with Crippen LogP contribution in [0.1, 0.15) is 0 Å². The quantitative estimate of drug-likeness (QED) is 0.299. The first kappa shape index (κ1) is 19.3. The maximum absolute atomic E-state index is 3.56. The lowest BCUT2D eigenvalue weighted by Gasteiger charge is -2.11. The summed E-state index contributed by atoms with van der Waals surface area (Å²) in [6, 6.07) is 47.5. The maximum atomic E-state index is 3.56. The largest absolute Gasteiger partial charge is 0.356 e. The molecule has 156 valence electrons. The highest BCUT2D eigenvalue weighted by Gasteiger charge is 2.04. The summed E-state index contributed by atoms with van der Waals surface area (Å²) >= 11 is 0. The molecule has 0 saturated carbocycles. The number of anilines is 2. The summed E-state index contributed by atoms with van der Waals surface area (Å²) in [5.74, 6) is 0. The summed E-state index contributed by atoms with van der Waals surface area (Å²) in [5, 5.41) is 8.62. The zero-order chi connectivity index (χ0) is 22.0. The Bertz CT molecular complexity index is 1580. The van der Waals surface area contributed by atoms with E-state index in [1.165, 1.54) is 43.8 Å². The molecule has 0 spiro atoms. The van der Waals surface area contributed by atoms with Gasteiger partial charge in [0.2, 0.25) is 0 Å². The predicted octanol–water partition coefficient (Wildman–Crippen LogP) is 9.07. The van der Waals surface area contributed by atoms with E-state index in [0.29, 0.717) is 0 Å². The Labute approximate surface area is 194 Å². The SMILES string of the molecule is c1cc(Nc2ccc(-c3ccc4ccccc4c3)cc2)cc(-c2ccc3ccccc3c2)c1. The minimum atomic E-state index is 1.08. The van der Waals surface area contributed by atoms with E-state index in [9.17, 15) is 0 Å². The van der Waals surface area contributed by atoms with Crippen LogP contribution >= 0.6 is 0 Å². The number of rotatable bonds is 4. The van der Waals surface area contributed by atoms with Crippen molar-refractivity contribution < 1.29 is 0 Å². The van der Waals surface area contributed by atoms with Gasteiger partial charge in [0.15, 0.2) is 0 Å². The molecule has 0 atom stereocenters. The summed E-state index contributed by atoms with van der Waals surface area (Å²) in [6.45, 7) is 0. The van der Waals surface area contributed by atoms with Gasteiger partial charge in [0.05, 0.1) is 0 Å². The van der Waals surface area contributed by atoms with Gasteiger partial charge < -0.3 is 5.32 Å². The molecule has 0 aliphatic carbocycles. The van der Waals surface area contributed by atoms with Crippen LogP contribution in [-0.4, -0.2) is 0 Å². The molecule has 0 aliphatic rings. The van der Waals surface area contributed by atoms with Crippen molar-refractivity contribution in [2.45, 2.75) is 0 Å². The van der Waals surface area contributed by atoms with E-state index in [1.807, 2.05) is 0 Å². The molecule has 0 bridgehead atoms. The van der Waals surface area contributed by atoms with Crippen LogP contribution in [0, 0.1) is 0 Å². The lowest BCUT2D eigenvalue weighted by Crippen LogP contribution is -1.91. The van der Waals surface area contributed by atoms with Gasteiger partial charge in [0.25, 0.3) is 0 Å². The average Bonchev–Trinajstić information content (AvgIpc) is 2.89. The molecule has 0 radical (unpaired) electrons. The van der Waals surface area contributed by atoms with Gasteiger partial charge in [-0.15, -0.1) is 0 Å². The number of fused-ring (bicyclic) bond motifs is 2. The zero-order valence-electron chi connectivity index (χ0n) is 18.2. The molecule has 0 saturated heterocycles. The highest BCUT2D eigenvalue weighted by atomic mass is 14.9. The molecule has 0 unspecified atom stereocenters. The van der Waals surface area contributed by atoms with E-state index >= 15 is 0 Å². The Morgan fingerprint density at radius 3 is 1.45 bits per heavy atom. The van der Waals surface area contributed by atoms with E-state index in [-0.39, 0.29) is 0 Å². The highest BCUT2D eigenvalue weighted by molar-refractivity contribution is 5.88. The Balaban J connectivity index is 1.24. The van der Waals surface area contributed by atoms with E-state index in [1.54, 1.807) is 0 Å². The fourth-order valence-corrected chi connectivity index (χ4v) is 4.43. The van der Waals surface area contributed by atoms with Gasteiger partial charge in [-0.2, -0.15) is 0 Å². The van der Waals surface area contributed by atoms with Gasteiger partial charge in [-0.05, 0) is 80.2 Å². The first-order valence-corrected chi connectivity index (χ1v) is 11.3. The van der Waals surface area contributed by atoms with Crippen molar-refractivity contribution in [1.82, 2.24) is 0 Å². The van der Waals surface area contributed by atoms with Crippen LogP contribution in [0.15, 0.2) is 133 Å². The van der Waals surface area contributed by atoms with Gasteiger partial charge in [0.1, 0.15) is 0 Å². The van der Waals surface area contributed by atoms with Crippen LogP contribution in [0.3, 0.4) is 0 Å². The molecule has 33 heavy (non-hydrogen) atoms. The minimum Gasteiger partial charge on any atom is -0.356 e. The Morgan fingerprint density at radius 2 is 0.818 bits per heavy atom. The second-order valence-corrected chi connectivity index (χ2v) is 8.41. The molecular weight excluding hydrogens is 398 g/mol. The van der Waals surface area contributed by atoms with Crippen LogP contribution in [0.25, 0.3) is 43.8 Å². The van der Waals surface area contributed by atoms with Gasteiger partial charge >= 0.3 is 0 Å². The third kappa shape index (κ3) is 3.97. The molecular formula is C32H23N. The standard InChI is InChI=1S/C32H23N/c1-3-8-26-20-29(14-12-23(26)6-1)25-16-18-31(19-17-25)33-32-11-5-10-28(22-32)30-15-13-24-7-2-4-9-27(24)21-30/h1-22,33H. The van der Waals surface area contributed by atoms with Crippen LogP contribution in [-0.2, 0) is 0 Å². The van der Waals surface area contributed by atoms with Crippen LogP contribution in [0.4, 0.5) is 11.4 Å². The summed E-state index contributed by atoms with van der Waals surface area (Å²) in [4.78, 5) is 0. The molecule has 0 heterocycles. The lowest BCUT2D eigenvalue weighted by atomic mass is 10.0. The molecule has 0 aromatic heterocycles. The van der Waals surface area contributed by atoms with Gasteiger partial charge in [-0.1, -0.05) is 97.1 Å². The topological polar surface area (TPSA) is 12.0 Å². The smallest absolute Gasteiger partial charge is 0.0390 e. The fourth-order valence-electron chi connectivity index (χ4n) is 4.43. The lowest BCUT2D eigenvalue weighted by molar-refractivity contribution is 1.54. The van der Waals surface area contributed by atoms with Gasteiger partial charge in [0, 0.05) is 11.4 Å². The average molecular weight is 422 g/mol. The third-order valence-electron chi connectivity index (χ3n) is 6.20. The molecule has 6 rings (SSSR count). The first-order valence-electron chi connectivity index (χ1n) is 11.3. The van der Waals surface area contributed by atoms with Crippen molar-refractivity contribution in [2.75, 3.05) is 5.32 Å². The molecule has 0 aliphatic heterocycles. The zero-order valence-corrected chi connectivity index (χ0v) is 18.2. The van der Waals surface area contributed by atoms with Crippen molar-refractivity contribution in [3.8, 4) is 22.3 Å². The molecule has 6 aromatic carbocycles. The van der Waals surface area contributed by atoms with Crippen LogP contribution in [0.2, 0.25) is 0 Å². The second-order valence-electron chi connectivity index (χ2n) is 8.41. The summed E-state index contributed by atoms with van der Waals surface area (Å²) in [7, 11) is 0. The molecule has 0 fully saturated rings. The number of hydrogen-bond donors (Lipinski definition) is 1. The Kier molecular flexibility index (Phi) is 4.86. The Hall–Kier alpha value is -4.36. The summed E-state index contributed by atoms with van der Waals surface area (Å²) in [5.41, 5.74) is 7.05. The molecule has 0 amide bonds. The first-order chi connectivity index (χ1) is 16.3. The third-order valence-corrected chi connectivity index (χ3v) is 6.20. The molecule has 1 heteroatoms. The van der Waals surface area contributed by atoms with E-state index in [4.69, 9.17) is 0 Å². The fraction of sp³-hybridized carbons (Fsp3) is 0. The van der Waals surface area contributed by atoms with Crippen molar-refractivity contribution in [3.63, 3.8) is 0 Å². The molecule has 1 N–H and O–H groups in total. The van der Waals surface area contributed by atoms with Crippen molar-refractivity contribution in [3.05, 3.63) is 133 Å². The number of benzene rings is 6. The second kappa shape index (κ2) is 8.29. The van der Waals surface area contributed by atoms with Gasteiger partial charge in [-0.3, -0.25) is 0 Å². The highest BCUT2D eigenvalue weighted by Crippen LogP contribution is 2.29. The molecule has 6 aromatic rings. The van der Waals surface area contributed by atoms with Crippen molar-refractivity contribution >= 4 is 32.9 Å². The van der Waals surface area contributed by atoms with Crippen molar-refractivity contribution in [1.29, 1.82) is 0 Å². The van der Waals surface area contributed by atoms with E-state index in [0.717, 1.165) is 11.4 Å².